The predicted octanol–water partition coefficient (Wildman–Crippen LogP) is 0.507. The monoisotopic (exact) mass is 301 g/mol. The third-order valence-electron chi connectivity index (χ3n) is 3.81. The maximum atomic E-state index is 11.7. The highest BCUT2D eigenvalue weighted by Crippen LogP contribution is 2.07. The van der Waals surface area contributed by atoms with Crippen LogP contribution in [0.1, 0.15) is 26.7 Å². The third-order valence-corrected chi connectivity index (χ3v) is 3.81. The van der Waals surface area contributed by atoms with Gasteiger partial charge in [0.15, 0.2) is 0 Å². The first kappa shape index (κ1) is 17.7. The molecule has 7 heteroatoms. The lowest BCUT2D eigenvalue weighted by atomic mass is 9.99. The van der Waals surface area contributed by atoms with Gasteiger partial charge >= 0.3 is 12.0 Å². The summed E-state index contributed by atoms with van der Waals surface area (Å²) in [5.74, 6) is -1.09. The molecule has 1 rings (SSSR count). The highest BCUT2D eigenvalue weighted by atomic mass is 16.5. The van der Waals surface area contributed by atoms with Crippen molar-refractivity contribution in [3.05, 3.63) is 0 Å². The topological polar surface area (TPSA) is 90.9 Å². The number of carboxylic acids is 1. The molecule has 0 bridgehead atoms. The zero-order valence-electron chi connectivity index (χ0n) is 12.9. The molecular weight excluding hydrogens is 274 g/mol. The molecule has 1 aliphatic rings. The first-order valence-electron chi connectivity index (χ1n) is 7.61. The van der Waals surface area contributed by atoms with Crippen molar-refractivity contribution in [2.45, 2.75) is 32.7 Å². The first-order chi connectivity index (χ1) is 10.0. The molecule has 0 aromatic heterocycles. The third kappa shape index (κ3) is 6.77. The molecule has 1 fully saturated rings. The number of carboxylic acid groups (broad SMARTS) is 1. The van der Waals surface area contributed by atoms with E-state index in [-0.39, 0.29) is 5.92 Å². The molecule has 0 unspecified atom stereocenters. The maximum Gasteiger partial charge on any atom is 0.326 e. The van der Waals surface area contributed by atoms with Crippen LogP contribution in [0.25, 0.3) is 0 Å². The van der Waals surface area contributed by atoms with E-state index in [9.17, 15) is 9.59 Å². The van der Waals surface area contributed by atoms with E-state index in [1.165, 1.54) is 0 Å². The maximum absolute atomic E-state index is 11.7. The van der Waals surface area contributed by atoms with Crippen molar-refractivity contribution in [3.63, 3.8) is 0 Å². The van der Waals surface area contributed by atoms with Gasteiger partial charge in [0.05, 0.1) is 13.2 Å². The molecule has 7 nitrogen and oxygen atoms in total. The Kier molecular flexibility index (Phi) is 8.07. The summed E-state index contributed by atoms with van der Waals surface area (Å²) < 4.78 is 5.27. The van der Waals surface area contributed by atoms with Gasteiger partial charge in [-0.25, -0.2) is 9.59 Å². The summed E-state index contributed by atoms with van der Waals surface area (Å²) in [6.07, 6.45) is 1.54. The molecule has 0 spiro atoms. The number of nitrogens with one attached hydrogen (secondary N) is 2. The second kappa shape index (κ2) is 9.57. The van der Waals surface area contributed by atoms with Crippen LogP contribution in [0.5, 0.6) is 0 Å². The SMILES string of the molecule is CC[C@H](C)[C@H](NC(=O)NCCCN1CCOCC1)C(=O)O. The minimum atomic E-state index is -0.993. The Hall–Kier alpha value is -1.34. The summed E-state index contributed by atoms with van der Waals surface area (Å²) >= 11 is 0. The second-order valence-electron chi connectivity index (χ2n) is 5.41. The Morgan fingerprint density at radius 2 is 2.00 bits per heavy atom. The van der Waals surface area contributed by atoms with Crippen LogP contribution in [0.2, 0.25) is 0 Å². The fraction of sp³-hybridized carbons (Fsp3) is 0.857. The van der Waals surface area contributed by atoms with Gasteiger partial charge in [-0.05, 0) is 18.9 Å². The van der Waals surface area contributed by atoms with Gasteiger partial charge < -0.3 is 20.5 Å². The molecule has 1 saturated heterocycles. The highest BCUT2D eigenvalue weighted by molar-refractivity contribution is 5.82. The van der Waals surface area contributed by atoms with Gasteiger partial charge in [-0.15, -0.1) is 0 Å². The van der Waals surface area contributed by atoms with Crippen LogP contribution in [0.4, 0.5) is 4.79 Å². The number of hydrogen-bond acceptors (Lipinski definition) is 4. The van der Waals surface area contributed by atoms with Gasteiger partial charge in [-0.2, -0.15) is 0 Å². The van der Waals surface area contributed by atoms with E-state index < -0.39 is 18.0 Å². The van der Waals surface area contributed by atoms with Crippen LogP contribution in [0, 0.1) is 5.92 Å². The van der Waals surface area contributed by atoms with E-state index in [1.807, 2.05) is 13.8 Å². The van der Waals surface area contributed by atoms with Crippen LogP contribution in [0.15, 0.2) is 0 Å². The van der Waals surface area contributed by atoms with Crippen LogP contribution < -0.4 is 10.6 Å². The van der Waals surface area contributed by atoms with Crippen LogP contribution >= 0.6 is 0 Å². The van der Waals surface area contributed by atoms with E-state index in [4.69, 9.17) is 9.84 Å². The van der Waals surface area contributed by atoms with Gasteiger partial charge in [-0.3, -0.25) is 4.90 Å². The predicted molar refractivity (Wildman–Crippen MR) is 79.3 cm³/mol. The van der Waals surface area contributed by atoms with Gasteiger partial charge in [0.25, 0.3) is 0 Å². The molecule has 0 aromatic rings. The smallest absolute Gasteiger partial charge is 0.326 e. The number of carbonyl (C=O) groups is 2. The number of urea groups is 1. The van der Waals surface area contributed by atoms with Crippen LogP contribution in [-0.4, -0.2) is 67.4 Å². The molecule has 1 heterocycles. The highest BCUT2D eigenvalue weighted by Gasteiger charge is 2.25. The molecule has 2 amide bonds. The number of rotatable bonds is 8. The summed E-state index contributed by atoms with van der Waals surface area (Å²) in [4.78, 5) is 25.1. The minimum Gasteiger partial charge on any atom is -0.480 e. The average Bonchev–Trinajstić information content (AvgIpc) is 2.49. The lowest BCUT2D eigenvalue weighted by Gasteiger charge is -2.26. The van der Waals surface area contributed by atoms with Crippen molar-refractivity contribution >= 4 is 12.0 Å². The van der Waals surface area contributed by atoms with Gasteiger partial charge in [-0.1, -0.05) is 20.3 Å². The Balaban J connectivity index is 2.18. The molecule has 0 aromatic carbocycles. The zero-order valence-corrected chi connectivity index (χ0v) is 12.9. The number of aliphatic carboxylic acids is 1. The fourth-order valence-electron chi connectivity index (χ4n) is 2.20. The molecule has 1 aliphatic heterocycles. The number of amides is 2. The van der Waals surface area contributed by atoms with E-state index in [0.29, 0.717) is 13.0 Å². The number of morpholine rings is 1. The largest absolute Gasteiger partial charge is 0.480 e. The van der Waals surface area contributed by atoms with Crippen molar-refractivity contribution in [1.82, 2.24) is 15.5 Å². The number of hydrogen-bond donors (Lipinski definition) is 3. The van der Waals surface area contributed by atoms with Crippen molar-refractivity contribution < 1.29 is 19.4 Å². The summed E-state index contributed by atoms with van der Waals surface area (Å²) in [5, 5.41) is 14.3. The quantitative estimate of drug-likeness (QED) is 0.568. The number of carbonyl (C=O) groups excluding carboxylic acids is 1. The lowest BCUT2D eigenvalue weighted by molar-refractivity contribution is -0.140. The molecular formula is C14H27N3O4. The minimum absolute atomic E-state index is 0.0957. The lowest BCUT2D eigenvalue weighted by Crippen LogP contribution is -2.49. The zero-order chi connectivity index (χ0) is 15.7. The van der Waals surface area contributed by atoms with Gasteiger partial charge in [0.1, 0.15) is 6.04 Å². The molecule has 3 N–H and O–H groups in total. The van der Waals surface area contributed by atoms with Crippen molar-refractivity contribution in [2.24, 2.45) is 5.92 Å². The Morgan fingerprint density at radius 1 is 1.33 bits per heavy atom. The first-order valence-corrected chi connectivity index (χ1v) is 7.61. The van der Waals surface area contributed by atoms with E-state index in [2.05, 4.69) is 15.5 Å². The van der Waals surface area contributed by atoms with E-state index in [0.717, 1.165) is 39.3 Å². The Bertz CT molecular complexity index is 332. The standard InChI is InChI=1S/C14H27N3O4/c1-3-11(2)12(13(18)19)16-14(20)15-5-4-6-17-7-9-21-10-8-17/h11-12H,3-10H2,1-2H3,(H,18,19)(H2,15,16,20)/t11-,12-/m0/s1. The Morgan fingerprint density at radius 3 is 2.57 bits per heavy atom. The van der Waals surface area contributed by atoms with Crippen molar-refractivity contribution in [3.8, 4) is 0 Å². The molecule has 0 radical (unpaired) electrons. The van der Waals surface area contributed by atoms with Crippen molar-refractivity contribution in [1.29, 1.82) is 0 Å². The molecule has 0 aliphatic carbocycles. The molecule has 21 heavy (non-hydrogen) atoms. The Labute approximate surface area is 126 Å². The van der Waals surface area contributed by atoms with Gasteiger partial charge in [0, 0.05) is 19.6 Å². The van der Waals surface area contributed by atoms with E-state index in [1.54, 1.807) is 0 Å². The van der Waals surface area contributed by atoms with Crippen LogP contribution in [0.3, 0.4) is 0 Å². The number of nitrogens with zero attached hydrogens (tertiary/aromatic N) is 1. The average molecular weight is 301 g/mol. The summed E-state index contributed by atoms with van der Waals surface area (Å²) in [6.45, 7) is 8.57. The second-order valence-corrected chi connectivity index (χ2v) is 5.41. The molecule has 122 valence electrons. The van der Waals surface area contributed by atoms with Gasteiger partial charge in [0.2, 0.25) is 0 Å². The van der Waals surface area contributed by atoms with E-state index >= 15 is 0 Å². The summed E-state index contributed by atoms with van der Waals surface area (Å²) in [7, 11) is 0. The van der Waals surface area contributed by atoms with Crippen molar-refractivity contribution in [2.75, 3.05) is 39.4 Å². The summed E-state index contributed by atoms with van der Waals surface area (Å²) in [6, 6.07) is -1.25. The molecule has 2 atom stereocenters. The normalized spacial score (nSPS) is 18.8. The summed E-state index contributed by atoms with van der Waals surface area (Å²) in [5.41, 5.74) is 0. The number of ether oxygens (including phenoxy) is 1. The fourth-order valence-corrected chi connectivity index (χ4v) is 2.20. The molecule has 0 saturated carbocycles. The van der Waals surface area contributed by atoms with Crippen LogP contribution in [-0.2, 0) is 9.53 Å².